The second-order valence-corrected chi connectivity index (χ2v) is 5.49. The Morgan fingerprint density at radius 2 is 1.84 bits per heavy atom. The summed E-state index contributed by atoms with van der Waals surface area (Å²) < 4.78 is 14.1. The lowest BCUT2D eigenvalue weighted by molar-refractivity contribution is 0.623. The maximum Gasteiger partial charge on any atom is 0.123 e. The minimum absolute atomic E-state index is 0.267. The van der Waals surface area contributed by atoms with Crippen LogP contribution in [0.25, 0.3) is 0 Å². The predicted molar refractivity (Wildman–Crippen MR) is 80.6 cm³/mol. The molecular formula is C16H17BrFN. The van der Waals surface area contributed by atoms with Crippen molar-refractivity contribution in [1.29, 1.82) is 0 Å². The molecule has 19 heavy (non-hydrogen) atoms. The van der Waals surface area contributed by atoms with Gasteiger partial charge in [0.1, 0.15) is 5.82 Å². The molecule has 2 aromatic carbocycles. The Balaban J connectivity index is 2.27. The molecule has 0 bridgehead atoms. The molecular weight excluding hydrogens is 305 g/mol. The smallest absolute Gasteiger partial charge is 0.123 e. The Morgan fingerprint density at radius 1 is 1.16 bits per heavy atom. The first kappa shape index (κ1) is 14.2. The van der Waals surface area contributed by atoms with Crippen LogP contribution in [-0.4, -0.2) is 0 Å². The summed E-state index contributed by atoms with van der Waals surface area (Å²) in [4.78, 5) is 0. The molecule has 0 spiro atoms. The van der Waals surface area contributed by atoms with Gasteiger partial charge in [-0.1, -0.05) is 53.5 Å². The van der Waals surface area contributed by atoms with E-state index in [2.05, 4.69) is 35.0 Å². The van der Waals surface area contributed by atoms with E-state index in [1.54, 1.807) is 6.07 Å². The SMILES string of the molecule is CCCc1ccc(C(N)c2cc(F)ccc2Br)cc1. The fourth-order valence-corrected chi connectivity index (χ4v) is 2.61. The van der Waals surface area contributed by atoms with E-state index < -0.39 is 0 Å². The summed E-state index contributed by atoms with van der Waals surface area (Å²) in [5.41, 5.74) is 9.27. The van der Waals surface area contributed by atoms with Crippen molar-refractivity contribution in [2.75, 3.05) is 0 Å². The number of nitrogens with two attached hydrogens (primary N) is 1. The molecule has 1 nitrogen and oxygen atoms in total. The summed E-state index contributed by atoms with van der Waals surface area (Å²) in [6.45, 7) is 2.16. The van der Waals surface area contributed by atoms with Gasteiger partial charge in [-0.2, -0.15) is 0 Å². The van der Waals surface area contributed by atoms with Crippen LogP contribution in [0.5, 0.6) is 0 Å². The molecule has 0 aromatic heterocycles. The van der Waals surface area contributed by atoms with Gasteiger partial charge in [-0.25, -0.2) is 4.39 Å². The van der Waals surface area contributed by atoms with Crippen molar-refractivity contribution >= 4 is 15.9 Å². The third kappa shape index (κ3) is 3.43. The van der Waals surface area contributed by atoms with E-state index in [0.29, 0.717) is 0 Å². The number of benzene rings is 2. The molecule has 2 rings (SSSR count). The Morgan fingerprint density at radius 3 is 2.47 bits per heavy atom. The van der Waals surface area contributed by atoms with Gasteiger partial charge in [-0.3, -0.25) is 0 Å². The second kappa shape index (κ2) is 6.31. The maximum absolute atomic E-state index is 13.3. The molecule has 0 saturated heterocycles. The highest BCUT2D eigenvalue weighted by atomic mass is 79.9. The van der Waals surface area contributed by atoms with Crippen LogP contribution in [0.3, 0.4) is 0 Å². The van der Waals surface area contributed by atoms with Crippen LogP contribution < -0.4 is 5.73 Å². The first-order chi connectivity index (χ1) is 9.11. The molecule has 0 heterocycles. The van der Waals surface area contributed by atoms with E-state index in [4.69, 9.17) is 5.73 Å². The van der Waals surface area contributed by atoms with Crippen molar-refractivity contribution in [3.8, 4) is 0 Å². The molecule has 0 aliphatic rings. The van der Waals surface area contributed by atoms with Gasteiger partial charge < -0.3 is 5.73 Å². The van der Waals surface area contributed by atoms with Gasteiger partial charge in [0.2, 0.25) is 0 Å². The van der Waals surface area contributed by atoms with Gasteiger partial charge in [-0.05, 0) is 41.3 Å². The molecule has 2 aromatic rings. The summed E-state index contributed by atoms with van der Waals surface area (Å²) in [7, 11) is 0. The zero-order valence-electron chi connectivity index (χ0n) is 10.9. The van der Waals surface area contributed by atoms with Crippen LogP contribution in [0.4, 0.5) is 4.39 Å². The molecule has 1 unspecified atom stereocenters. The first-order valence-corrected chi connectivity index (χ1v) is 7.20. The third-order valence-corrected chi connectivity index (χ3v) is 3.89. The Hall–Kier alpha value is -1.19. The summed E-state index contributed by atoms with van der Waals surface area (Å²) in [6, 6.07) is 12.5. The van der Waals surface area contributed by atoms with Gasteiger partial charge in [0.15, 0.2) is 0 Å². The lowest BCUT2D eigenvalue weighted by Gasteiger charge is -2.15. The monoisotopic (exact) mass is 321 g/mol. The standard InChI is InChI=1S/C16H17BrFN/c1-2-3-11-4-6-12(7-5-11)16(19)14-10-13(18)8-9-15(14)17/h4-10,16H,2-3,19H2,1H3. The van der Waals surface area contributed by atoms with E-state index in [1.807, 2.05) is 12.1 Å². The van der Waals surface area contributed by atoms with Gasteiger partial charge in [0.05, 0.1) is 6.04 Å². The van der Waals surface area contributed by atoms with Crippen LogP contribution in [0, 0.1) is 5.82 Å². The Labute approximate surface area is 121 Å². The van der Waals surface area contributed by atoms with Crippen molar-refractivity contribution in [3.05, 3.63) is 69.4 Å². The minimum atomic E-state index is -0.319. The molecule has 1 atom stereocenters. The molecule has 0 aliphatic heterocycles. The number of halogens is 2. The number of hydrogen-bond donors (Lipinski definition) is 1. The molecule has 0 saturated carbocycles. The van der Waals surface area contributed by atoms with Gasteiger partial charge in [0, 0.05) is 4.47 Å². The molecule has 2 N–H and O–H groups in total. The van der Waals surface area contributed by atoms with Crippen molar-refractivity contribution in [3.63, 3.8) is 0 Å². The maximum atomic E-state index is 13.3. The van der Waals surface area contributed by atoms with Gasteiger partial charge in [0.25, 0.3) is 0 Å². The summed E-state index contributed by atoms with van der Waals surface area (Å²) >= 11 is 3.42. The van der Waals surface area contributed by atoms with E-state index in [-0.39, 0.29) is 11.9 Å². The number of aryl methyl sites for hydroxylation is 1. The molecule has 100 valence electrons. The molecule has 0 radical (unpaired) electrons. The summed E-state index contributed by atoms with van der Waals surface area (Å²) in [6.07, 6.45) is 2.19. The normalized spacial score (nSPS) is 12.4. The predicted octanol–water partition coefficient (Wildman–Crippen LogP) is 4.59. The van der Waals surface area contributed by atoms with Crippen molar-refractivity contribution in [2.45, 2.75) is 25.8 Å². The van der Waals surface area contributed by atoms with E-state index in [1.165, 1.54) is 17.7 Å². The fraction of sp³-hybridized carbons (Fsp3) is 0.250. The average Bonchev–Trinajstić information content (AvgIpc) is 2.42. The third-order valence-electron chi connectivity index (χ3n) is 3.17. The number of hydrogen-bond acceptors (Lipinski definition) is 1. The minimum Gasteiger partial charge on any atom is -0.320 e. The topological polar surface area (TPSA) is 26.0 Å². The summed E-state index contributed by atoms with van der Waals surface area (Å²) in [5.74, 6) is -0.267. The van der Waals surface area contributed by atoms with Crippen molar-refractivity contribution in [2.24, 2.45) is 5.73 Å². The molecule has 0 aliphatic carbocycles. The Kier molecular flexibility index (Phi) is 4.72. The highest BCUT2D eigenvalue weighted by Crippen LogP contribution is 2.27. The Bertz CT molecular complexity index is 551. The van der Waals surface area contributed by atoms with Crippen LogP contribution >= 0.6 is 15.9 Å². The van der Waals surface area contributed by atoms with Gasteiger partial charge in [-0.15, -0.1) is 0 Å². The quantitative estimate of drug-likeness (QED) is 0.875. The van der Waals surface area contributed by atoms with Crippen LogP contribution in [0.1, 0.15) is 36.1 Å². The molecule has 3 heteroatoms. The van der Waals surface area contributed by atoms with Crippen LogP contribution in [-0.2, 0) is 6.42 Å². The highest BCUT2D eigenvalue weighted by Gasteiger charge is 2.13. The van der Waals surface area contributed by atoms with Crippen LogP contribution in [0.15, 0.2) is 46.9 Å². The second-order valence-electron chi connectivity index (χ2n) is 4.64. The summed E-state index contributed by atoms with van der Waals surface area (Å²) in [5, 5.41) is 0. The zero-order chi connectivity index (χ0) is 13.8. The van der Waals surface area contributed by atoms with E-state index >= 15 is 0 Å². The first-order valence-electron chi connectivity index (χ1n) is 6.41. The average molecular weight is 322 g/mol. The number of rotatable bonds is 4. The lowest BCUT2D eigenvalue weighted by Crippen LogP contribution is -2.12. The van der Waals surface area contributed by atoms with Gasteiger partial charge >= 0.3 is 0 Å². The van der Waals surface area contributed by atoms with Crippen LogP contribution in [0.2, 0.25) is 0 Å². The largest absolute Gasteiger partial charge is 0.320 e. The highest BCUT2D eigenvalue weighted by molar-refractivity contribution is 9.10. The molecule has 0 amide bonds. The van der Waals surface area contributed by atoms with E-state index in [9.17, 15) is 4.39 Å². The zero-order valence-corrected chi connectivity index (χ0v) is 12.5. The lowest BCUT2D eigenvalue weighted by atomic mass is 9.98. The van der Waals surface area contributed by atoms with Crippen molar-refractivity contribution in [1.82, 2.24) is 0 Å². The fourth-order valence-electron chi connectivity index (χ4n) is 2.11. The van der Waals surface area contributed by atoms with E-state index in [0.717, 1.165) is 28.4 Å². The molecule has 0 fully saturated rings. The van der Waals surface area contributed by atoms with Crippen molar-refractivity contribution < 1.29 is 4.39 Å².